The van der Waals surface area contributed by atoms with E-state index in [0.29, 0.717) is 12.6 Å². The lowest BCUT2D eigenvalue weighted by Crippen LogP contribution is -2.45. The number of hydrogen-bond donors (Lipinski definition) is 1. The average Bonchev–Trinajstić information content (AvgIpc) is 2.43. The van der Waals surface area contributed by atoms with Crippen molar-refractivity contribution in [3.8, 4) is 0 Å². The Morgan fingerprint density at radius 3 is 2.63 bits per heavy atom. The van der Waals surface area contributed by atoms with Crippen LogP contribution < -0.4 is 5.73 Å². The molecule has 3 unspecified atom stereocenters. The standard InChI is InChI=1S/C15H27N3O/c1-5-12(2)18(9-10-19-4)15(13(3)16)14-7-6-8-17-11-14/h6-8,11-13,15H,5,9-10,16H2,1-4H3. The normalized spacial score (nSPS) is 16.3. The van der Waals surface area contributed by atoms with Gasteiger partial charge in [-0.25, -0.2) is 0 Å². The topological polar surface area (TPSA) is 51.4 Å². The number of pyridine rings is 1. The minimum absolute atomic E-state index is 0.0510. The maximum absolute atomic E-state index is 6.22. The van der Waals surface area contributed by atoms with E-state index in [2.05, 4.69) is 36.7 Å². The van der Waals surface area contributed by atoms with Crippen molar-refractivity contribution in [2.75, 3.05) is 20.3 Å². The molecule has 4 heteroatoms. The first-order chi connectivity index (χ1) is 9.11. The highest BCUT2D eigenvalue weighted by Crippen LogP contribution is 2.25. The first kappa shape index (κ1) is 16.1. The van der Waals surface area contributed by atoms with Crippen LogP contribution in [0.2, 0.25) is 0 Å². The molecule has 0 spiro atoms. The van der Waals surface area contributed by atoms with E-state index in [4.69, 9.17) is 10.5 Å². The molecule has 1 aromatic rings. The lowest BCUT2D eigenvalue weighted by molar-refractivity contribution is 0.0785. The number of hydrogen-bond acceptors (Lipinski definition) is 4. The van der Waals surface area contributed by atoms with Gasteiger partial charge in [-0.1, -0.05) is 13.0 Å². The van der Waals surface area contributed by atoms with E-state index >= 15 is 0 Å². The Labute approximate surface area is 117 Å². The zero-order valence-electron chi connectivity index (χ0n) is 12.5. The Balaban J connectivity index is 2.98. The van der Waals surface area contributed by atoms with Gasteiger partial charge in [-0.05, 0) is 31.9 Å². The summed E-state index contributed by atoms with van der Waals surface area (Å²) in [6.07, 6.45) is 4.80. The lowest BCUT2D eigenvalue weighted by atomic mass is 9.98. The number of rotatable bonds is 8. The summed E-state index contributed by atoms with van der Waals surface area (Å²) in [5.74, 6) is 0. The van der Waals surface area contributed by atoms with Gasteiger partial charge >= 0.3 is 0 Å². The van der Waals surface area contributed by atoms with Crippen LogP contribution in [0.25, 0.3) is 0 Å². The third kappa shape index (κ3) is 4.56. The van der Waals surface area contributed by atoms with Gasteiger partial charge in [0.15, 0.2) is 0 Å². The SMILES string of the molecule is CCC(C)N(CCOC)C(c1cccnc1)C(C)N. The molecule has 0 aliphatic heterocycles. The average molecular weight is 265 g/mol. The van der Waals surface area contributed by atoms with E-state index in [1.54, 1.807) is 13.3 Å². The highest BCUT2D eigenvalue weighted by atomic mass is 16.5. The third-order valence-electron chi connectivity index (χ3n) is 3.59. The molecule has 3 atom stereocenters. The largest absolute Gasteiger partial charge is 0.383 e. The quantitative estimate of drug-likeness (QED) is 0.783. The van der Waals surface area contributed by atoms with Crippen molar-refractivity contribution < 1.29 is 4.74 Å². The Bertz CT molecular complexity index is 343. The zero-order valence-corrected chi connectivity index (χ0v) is 12.5. The second-order valence-corrected chi connectivity index (χ2v) is 5.08. The Morgan fingerprint density at radius 2 is 2.16 bits per heavy atom. The van der Waals surface area contributed by atoms with Crippen molar-refractivity contribution in [3.05, 3.63) is 30.1 Å². The molecular weight excluding hydrogens is 238 g/mol. The van der Waals surface area contributed by atoms with Crippen molar-refractivity contribution in [2.24, 2.45) is 5.73 Å². The van der Waals surface area contributed by atoms with E-state index in [-0.39, 0.29) is 12.1 Å². The van der Waals surface area contributed by atoms with E-state index in [1.165, 1.54) is 5.56 Å². The van der Waals surface area contributed by atoms with E-state index in [0.717, 1.165) is 13.0 Å². The molecule has 4 nitrogen and oxygen atoms in total. The van der Waals surface area contributed by atoms with E-state index in [9.17, 15) is 0 Å². The number of nitrogens with zero attached hydrogens (tertiary/aromatic N) is 2. The summed E-state index contributed by atoms with van der Waals surface area (Å²) in [6.45, 7) is 8.09. The fourth-order valence-electron chi connectivity index (χ4n) is 2.41. The van der Waals surface area contributed by atoms with Crippen LogP contribution in [-0.4, -0.2) is 42.2 Å². The minimum atomic E-state index is 0.0510. The molecular formula is C15H27N3O. The Kier molecular flexibility index (Phi) is 6.99. The van der Waals surface area contributed by atoms with Crippen LogP contribution in [0.5, 0.6) is 0 Å². The van der Waals surface area contributed by atoms with Gasteiger partial charge in [0.1, 0.15) is 0 Å². The number of aromatic nitrogens is 1. The summed E-state index contributed by atoms with van der Waals surface area (Å²) in [4.78, 5) is 6.64. The zero-order chi connectivity index (χ0) is 14.3. The van der Waals surface area contributed by atoms with E-state index in [1.807, 2.05) is 12.3 Å². The summed E-state index contributed by atoms with van der Waals surface area (Å²) in [5, 5.41) is 0. The first-order valence-electron chi connectivity index (χ1n) is 7.02. The van der Waals surface area contributed by atoms with Crippen LogP contribution in [0, 0.1) is 0 Å². The second-order valence-electron chi connectivity index (χ2n) is 5.08. The summed E-state index contributed by atoms with van der Waals surface area (Å²) >= 11 is 0. The molecule has 0 amide bonds. The summed E-state index contributed by atoms with van der Waals surface area (Å²) in [6, 6.07) is 4.76. The van der Waals surface area contributed by atoms with Crippen LogP contribution in [0.1, 0.15) is 38.8 Å². The number of nitrogens with two attached hydrogens (primary N) is 1. The number of methoxy groups -OCH3 is 1. The van der Waals surface area contributed by atoms with Crippen LogP contribution >= 0.6 is 0 Å². The van der Waals surface area contributed by atoms with Gasteiger partial charge in [0.2, 0.25) is 0 Å². The van der Waals surface area contributed by atoms with Gasteiger partial charge in [0.25, 0.3) is 0 Å². The summed E-state index contributed by atoms with van der Waals surface area (Å²) < 4.78 is 5.23. The summed E-state index contributed by atoms with van der Waals surface area (Å²) in [5.41, 5.74) is 7.40. The molecule has 19 heavy (non-hydrogen) atoms. The molecule has 1 aromatic heterocycles. The molecule has 0 saturated carbocycles. The van der Waals surface area contributed by atoms with Crippen molar-refractivity contribution in [1.82, 2.24) is 9.88 Å². The highest BCUT2D eigenvalue weighted by Gasteiger charge is 2.27. The van der Waals surface area contributed by atoms with Gasteiger partial charge < -0.3 is 10.5 Å². The van der Waals surface area contributed by atoms with Crippen LogP contribution in [0.4, 0.5) is 0 Å². The van der Waals surface area contributed by atoms with Gasteiger partial charge in [0, 0.05) is 38.1 Å². The van der Waals surface area contributed by atoms with Gasteiger partial charge in [-0.3, -0.25) is 9.88 Å². The van der Waals surface area contributed by atoms with Crippen LogP contribution in [0.15, 0.2) is 24.5 Å². The Morgan fingerprint density at radius 1 is 1.42 bits per heavy atom. The Hall–Kier alpha value is -0.970. The molecule has 2 N–H and O–H groups in total. The van der Waals surface area contributed by atoms with Gasteiger partial charge in [0.05, 0.1) is 12.6 Å². The maximum Gasteiger partial charge on any atom is 0.0590 e. The predicted octanol–water partition coefficient (Wildman–Crippen LogP) is 2.22. The lowest BCUT2D eigenvalue weighted by Gasteiger charge is -2.38. The fourth-order valence-corrected chi connectivity index (χ4v) is 2.41. The van der Waals surface area contributed by atoms with Crippen LogP contribution in [0.3, 0.4) is 0 Å². The first-order valence-corrected chi connectivity index (χ1v) is 7.02. The van der Waals surface area contributed by atoms with Gasteiger partial charge in [-0.15, -0.1) is 0 Å². The molecule has 0 saturated heterocycles. The number of ether oxygens (including phenoxy) is 1. The molecule has 108 valence electrons. The molecule has 0 bridgehead atoms. The highest BCUT2D eigenvalue weighted by molar-refractivity contribution is 5.16. The molecule has 0 radical (unpaired) electrons. The van der Waals surface area contributed by atoms with Crippen LogP contribution in [-0.2, 0) is 4.74 Å². The predicted molar refractivity (Wildman–Crippen MR) is 79.0 cm³/mol. The van der Waals surface area contributed by atoms with Gasteiger partial charge in [-0.2, -0.15) is 0 Å². The van der Waals surface area contributed by atoms with E-state index < -0.39 is 0 Å². The molecule has 1 heterocycles. The molecule has 0 aliphatic carbocycles. The van der Waals surface area contributed by atoms with Crippen molar-refractivity contribution >= 4 is 0 Å². The van der Waals surface area contributed by atoms with Crippen molar-refractivity contribution in [2.45, 2.75) is 45.3 Å². The summed E-state index contributed by atoms with van der Waals surface area (Å²) in [7, 11) is 1.74. The molecule has 0 fully saturated rings. The molecule has 1 rings (SSSR count). The second kappa shape index (κ2) is 8.25. The molecule has 0 aliphatic rings. The van der Waals surface area contributed by atoms with Crippen molar-refractivity contribution in [3.63, 3.8) is 0 Å². The monoisotopic (exact) mass is 265 g/mol. The van der Waals surface area contributed by atoms with Crippen molar-refractivity contribution in [1.29, 1.82) is 0 Å². The minimum Gasteiger partial charge on any atom is -0.383 e. The molecule has 0 aromatic carbocycles. The smallest absolute Gasteiger partial charge is 0.0590 e. The fraction of sp³-hybridized carbons (Fsp3) is 0.667. The maximum atomic E-state index is 6.22. The third-order valence-corrected chi connectivity index (χ3v) is 3.59.